The van der Waals surface area contributed by atoms with Gasteiger partial charge in [-0.2, -0.15) is 5.26 Å². The number of esters is 1. The smallest absolute Gasteiger partial charge is 0.310 e. The number of nitrogens with zero attached hydrogens (tertiary/aromatic N) is 1. The normalized spacial score (nSPS) is 27.0. The highest BCUT2D eigenvalue weighted by Gasteiger charge is 2.52. The third kappa shape index (κ3) is 1.76. The molecule has 0 saturated heterocycles. The van der Waals surface area contributed by atoms with Gasteiger partial charge in [-0.05, 0) is 18.8 Å². The van der Waals surface area contributed by atoms with Crippen molar-refractivity contribution < 1.29 is 9.53 Å². The minimum absolute atomic E-state index is 0.00769. The van der Waals surface area contributed by atoms with Crippen molar-refractivity contribution in [3.8, 4) is 6.07 Å². The first-order chi connectivity index (χ1) is 5.47. The number of carbonyl (C=O) groups excluding carboxylic acids is 1. The van der Waals surface area contributed by atoms with E-state index in [1.165, 1.54) is 0 Å². The van der Waals surface area contributed by atoms with E-state index in [0.717, 1.165) is 6.42 Å². The minimum Gasteiger partial charge on any atom is -0.447 e. The molecule has 0 spiro atoms. The maximum absolute atomic E-state index is 11.2. The molecule has 3 heteroatoms. The topological polar surface area (TPSA) is 50.1 Å². The van der Waals surface area contributed by atoms with E-state index >= 15 is 0 Å². The predicted molar refractivity (Wildman–Crippen MR) is 43.1 cm³/mol. The number of rotatable bonds is 2. The summed E-state index contributed by atoms with van der Waals surface area (Å²) in [5.41, 5.74) is 0.0895. The third-order valence-electron chi connectivity index (χ3n) is 2.27. The lowest BCUT2D eigenvalue weighted by Crippen LogP contribution is -2.16. The summed E-state index contributed by atoms with van der Waals surface area (Å²) in [5, 5.41) is 8.39. The average Bonchev–Trinajstić information content (AvgIpc) is 2.59. The molecule has 12 heavy (non-hydrogen) atoms. The summed E-state index contributed by atoms with van der Waals surface area (Å²) in [5.74, 6) is -0.220. The summed E-state index contributed by atoms with van der Waals surface area (Å²) in [6, 6.07) is 1.86. The second kappa shape index (κ2) is 2.78. The van der Waals surface area contributed by atoms with Crippen molar-refractivity contribution in [3.63, 3.8) is 0 Å². The van der Waals surface area contributed by atoms with E-state index in [9.17, 15) is 4.79 Å². The van der Waals surface area contributed by atoms with E-state index in [-0.39, 0.29) is 17.3 Å². The van der Waals surface area contributed by atoms with Crippen molar-refractivity contribution in [2.24, 2.45) is 11.3 Å². The van der Waals surface area contributed by atoms with Crippen molar-refractivity contribution in [3.05, 3.63) is 0 Å². The van der Waals surface area contributed by atoms with Gasteiger partial charge in [0.25, 0.3) is 0 Å². The van der Waals surface area contributed by atoms with Crippen LogP contribution in [0.4, 0.5) is 0 Å². The van der Waals surface area contributed by atoms with E-state index in [1.807, 2.05) is 19.9 Å². The zero-order valence-electron chi connectivity index (χ0n) is 7.63. The Bertz CT molecular complexity index is 239. The van der Waals surface area contributed by atoms with Crippen LogP contribution in [0.1, 0.15) is 27.2 Å². The van der Waals surface area contributed by atoms with Crippen LogP contribution in [0.25, 0.3) is 0 Å². The van der Waals surface area contributed by atoms with E-state index in [0.29, 0.717) is 0 Å². The molecule has 1 rings (SSSR count). The fraction of sp³-hybridized carbons (Fsp3) is 0.778. The van der Waals surface area contributed by atoms with Crippen LogP contribution in [0.2, 0.25) is 0 Å². The second-order valence-electron chi connectivity index (χ2n) is 3.95. The SMILES string of the molecule is CC(C#N)OC(=O)[C@H]1CC1(C)C. The summed E-state index contributed by atoms with van der Waals surface area (Å²) in [4.78, 5) is 11.2. The molecule has 0 aromatic carbocycles. The number of hydrogen-bond acceptors (Lipinski definition) is 3. The fourth-order valence-corrected chi connectivity index (χ4v) is 1.15. The van der Waals surface area contributed by atoms with Crippen LogP contribution in [0.3, 0.4) is 0 Å². The van der Waals surface area contributed by atoms with Crippen LogP contribution >= 0.6 is 0 Å². The molecule has 66 valence electrons. The number of carbonyl (C=O) groups is 1. The maximum atomic E-state index is 11.2. The lowest BCUT2D eigenvalue weighted by Gasteiger charge is -2.06. The molecule has 0 aliphatic heterocycles. The van der Waals surface area contributed by atoms with Gasteiger partial charge in [-0.15, -0.1) is 0 Å². The van der Waals surface area contributed by atoms with Crippen molar-refractivity contribution in [1.82, 2.24) is 0 Å². The van der Waals surface area contributed by atoms with Gasteiger partial charge in [0.1, 0.15) is 6.07 Å². The lowest BCUT2D eigenvalue weighted by atomic mass is 10.1. The van der Waals surface area contributed by atoms with Gasteiger partial charge in [-0.1, -0.05) is 13.8 Å². The first-order valence-electron chi connectivity index (χ1n) is 4.07. The zero-order chi connectivity index (χ0) is 9.35. The molecule has 1 aliphatic rings. The van der Waals surface area contributed by atoms with E-state index < -0.39 is 6.10 Å². The van der Waals surface area contributed by atoms with Gasteiger partial charge >= 0.3 is 5.97 Å². The fourth-order valence-electron chi connectivity index (χ4n) is 1.15. The van der Waals surface area contributed by atoms with Crippen LogP contribution < -0.4 is 0 Å². The molecule has 3 nitrogen and oxygen atoms in total. The Morgan fingerprint density at radius 2 is 2.25 bits per heavy atom. The molecule has 1 saturated carbocycles. The Hall–Kier alpha value is -1.04. The molecule has 2 atom stereocenters. The van der Waals surface area contributed by atoms with E-state index in [1.54, 1.807) is 6.92 Å². The average molecular weight is 167 g/mol. The van der Waals surface area contributed by atoms with Gasteiger partial charge in [0.05, 0.1) is 5.92 Å². The molecule has 0 amide bonds. The Balaban J connectivity index is 2.38. The predicted octanol–water partition coefficient (Wildman–Crippen LogP) is 1.49. The van der Waals surface area contributed by atoms with Crippen molar-refractivity contribution in [1.29, 1.82) is 5.26 Å². The van der Waals surface area contributed by atoms with Crippen LogP contribution in [0, 0.1) is 22.7 Å². The van der Waals surface area contributed by atoms with Crippen LogP contribution in [-0.2, 0) is 9.53 Å². The monoisotopic (exact) mass is 167 g/mol. The largest absolute Gasteiger partial charge is 0.447 e. The maximum Gasteiger partial charge on any atom is 0.310 e. The molecule has 1 unspecified atom stereocenters. The van der Waals surface area contributed by atoms with Crippen molar-refractivity contribution in [2.75, 3.05) is 0 Å². The van der Waals surface area contributed by atoms with Crippen molar-refractivity contribution >= 4 is 5.97 Å². The number of ether oxygens (including phenoxy) is 1. The summed E-state index contributed by atoms with van der Waals surface area (Å²) in [6.45, 7) is 5.62. The molecular formula is C9H13NO2. The van der Waals surface area contributed by atoms with Gasteiger partial charge in [-0.25, -0.2) is 0 Å². The Morgan fingerprint density at radius 3 is 2.58 bits per heavy atom. The Morgan fingerprint density at radius 1 is 1.75 bits per heavy atom. The molecular weight excluding hydrogens is 154 g/mol. The highest BCUT2D eigenvalue weighted by molar-refractivity contribution is 5.77. The molecule has 0 N–H and O–H groups in total. The minimum atomic E-state index is -0.617. The van der Waals surface area contributed by atoms with E-state index in [2.05, 4.69) is 0 Å². The van der Waals surface area contributed by atoms with E-state index in [4.69, 9.17) is 10.00 Å². The molecule has 0 radical (unpaired) electrons. The van der Waals surface area contributed by atoms with Gasteiger partial charge in [0.2, 0.25) is 0 Å². The molecule has 1 aliphatic carbocycles. The van der Waals surface area contributed by atoms with Gasteiger partial charge in [0, 0.05) is 0 Å². The molecule has 1 fully saturated rings. The van der Waals surface area contributed by atoms with Crippen molar-refractivity contribution in [2.45, 2.75) is 33.3 Å². The Labute approximate surface area is 72.3 Å². The first-order valence-corrected chi connectivity index (χ1v) is 4.07. The molecule has 0 bridgehead atoms. The molecule has 0 aromatic heterocycles. The van der Waals surface area contributed by atoms with Crippen LogP contribution in [0.5, 0.6) is 0 Å². The molecule has 0 heterocycles. The summed E-state index contributed by atoms with van der Waals surface area (Å²) < 4.78 is 4.86. The highest BCUT2D eigenvalue weighted by Crippen LogP contribution is 2.52. The zero-order valence-corrected chi connectivity index (χ0v) is 7.63. The van der Waals surface area contributed by atoms with Gasteiger partial charge in [0.15, 0.2) is 6.10 Å². The highest BCUT2D eigenvalue weighted by atomic mass is 16.5. The summed E-state index contributed by atoms with van der Waals surface area (Å²) in [6.07, 6.45) is 0.262. The van der Waals surface area contributed by atoms with Crippen LogP contribution in [0.15, 0.2) is 0 Å². The lowest BCUT2D eigenvalue weighted by molar-refractivity contribution is -0.148. The van der Waals surface area contributed by atoms with Crippen LogP contribution in [-0.4, -0.2) is 12.1 Å². The number of nitriles is 1. The summed E-state index contributed by atoms with van der Waals surface area (Å²) in [7, 11) is 0. The third-order valence-corrected chi connectivity index (χ3v) is 2.27. The Kier molecular flexibility index (Phi) is 2.10. The quantitative estimate of drug-likeness (QED) is 0.585. The molecule has 0 aromatic rings. The first kappa shape index (κ1) is 9.05. The second-order valence-corrected chi connectivity index (χ2v) is 3.95. The summed E-state index contributed by atoms with van der Waals surface area (Å²) >= 11 is 0. The standard InChI is InChI=1S/C9H13NO2/c1-6(5-10)12-8(11)7-4-9(7,2)3/h6-7H,4H2,1-3H3/t6?,7-/m1/s1. The van der Waals surface area contributed by atoms with Gasteiger partial charge in [-0.3, -0.25) is 4.79 Å². The number of hydrogen-bond donors (Lipinski definition) is 0. The van der Waals surface area contributed by atoms with Gasteiger partial charge < -0.3 is 4.74 Å².